The average molecular weight is 321 g/mol. The number of fused-ring (bicyclic) bond motifs is 1. The second-order valence-corrected chi connectivity index (χ2v) is 5.90. The first kappa shape index (κ1) is 14.7. The van der Waals surface area contributed by atoms with Gasteiger partial charge in [-0.3, -0.25) is 9.36 Å². The minimum absolute atomic E-state index is 0.0173. The van der Waals surface area contributed by atoms with Crippen molar-refractivity contribution >= 4 is 5.91 Å². The molecule has 1 atom stereocenters. The number of pyridine rings is 1. The lowest BCUT2D eigenvalue weighted by Gasteiger charge is -2.36. The Labute approximate surface area is 140 Å². The van der Waals surface area contributed by atoms with Gasteiger partial charge in [-0.05, 0) is 30.7 Å². The Morgan fingerprint density at radius 2 is 2.12 bits per heavy atom. The number of hydrogen-bond donors (Lipinski definition) is 0. The summed E-state index contributed by atoms with van der Waals surface area (Å²) in [6.07, 6.45) is 8.16. The van der Waals surface area contributed by atoms with Crippen LogP contribution in [0.25, 0.3) is 5.82 Å². The van der Waals surface area contributed by atoms with E-state index in [0.717, 1.165) is 13.0 Å². The van der Waals surface area contributed by atoms with Gasteiger partial charge in [0.25, 0.3) is 5.91 Å². The Bertz CT molecular complexity index is 852. The molecule has 1 aliphatic heterocycles. The number of carbonyl (C=O) groups is 1. The lowest BCUT2D eigenvalue weighted by atomic mass is 10.1. The Morgan fingerprint density at radius 3 is 2.92 bits per heavy atom. The highest BCUT2D eigenvalue weighted by Crippen LogP contribution is 2.29. The van der Waals surface area contributed by atoms with Gasteiger partial charge in [-0.1, -0.05) is 13.0 Å². The lowest BCUT2D eigenvalue weighted by Crippen LogP contribution is -2.42. The Balaban J connectivity index is 1.65. The molecule has 1 unspecified atom stereocenters. The molecule has 0 fully saturated rings. The number of nitrogens with zero attached hydrogens (tertiary/aromatic N) is 5. The zero-order valence-electron chi connectivity index (χ0n) is 13.5. The normalized spacial score (nSPS) is 16.9. The van der Waals surface area contributed by atoms with Crippen molar-refractivity contribution in [3.8, 4) is 5.82 Å². The molecule has 24 heavy (non-hydrogen) atoms. The van der Waals surface area contributed by atoms with Gasteiger partial charge < -0.3 is 9.47 Å². The van der Waals surface area contributed by atoms with E-state index in [-0.39, 0.29) is 11.9 Å². The summed E-state index contributed by atoms with van der Waals surface area (Å²) >= 11 is 0. The highest BCUT2D eigenvalue weighted by atomic mass is 16.2. The Hall–Kier alpha value is -2.89. The van der Waals surface area contributed by atoms with Gasteiger partial charge in [-0.25, -0.2) is 9.97 Å². The van der Waals surface area contributed by atoms with Crippen molar-refractivity contribution in [1.29, 1.82) is 0 Å². The van der Waals surface area contributed by atoms with Crippen molar-refractivity contribution in [2.75, 3.05) is 6.54 Å². The molecule has 0 saturated heterocycles. The van der Waals surface area contributed by atoms with Gasteiger partial charge in [-0.15, -0.1) is 0 Å². The predicted octanol–water partition coefficient (Wildman–Crippen LogP) is 2.68. The van der Waals surface area contributed by atoms with Crippen molar-refractivity contribution in [3.05, 3.63) is 66.6 Å². The third-order valence-corrected chi connectivity index (χ3v) is 4.53. The van der Waals surface area contributed by atoms with E-state index in [0.29, 0.717) is 18.1 Å². The molecular formula is C18H19N5O. The van der Waals surface area contributed by atoms with Gasteiger partial charge in [0.2, 0.25) is 0 Å². The van der Waals surface area contributed by atoms with E-state index in [2.05, 4.69) is 33.7 Å². The van der Waals surface area contributed by atoms with Crippen LogP contribution in [0.3, 0.4) is 0 Å². The van der Waals surface area contributed by atoms with E-state index in [9.17, 15) is 4.79 Å². The van der Waals surface area contributed by atoms with Gasteiger partial charge in [-0.2, -0.15) is 0 Å². The zero-order chi connectivity index (χ0) is 16.5. The third-order valence-electron chi connectivity index (χ3n) is 4.53. The number of aromatic nitrogens is 4. The second-order valence-electron chi connectivity index (χ2n) is 5.90. The third kappa shape index (κ3) is 2.40. The van der Waals surface area contributed by atoms with Crippen LogP contribution in [0.1, 0.15) is 35.6 Å². The van der Waals surface area contributed by atoms with Gasteiger partial charge in [0, 0.05) is 37.4 Å². The van der Waals surface area contributed by atoms with E-state index in [4.69, 9.17) is 0 Å². The molecule has 3 aromatic rings. The fraction of sp³-hybridized carbons (Fsp3) is 0.278. The summed E-state index contributed by atoms with van der Waals surface area (Å²) in [4.78, 5) is 23.6. The van der Waals surface area contributed by atoms with Crippen molar-refractivity contribution in [3.63, 3.8) is 0 Å². The topological polar surface area (TPSA) is 56.0 Å². The Kier molecular flexibility index (Phi) is 3.65. The highest BCUT2D eigenvalue weighted by molar-refractivity contribution is 5.92. The van der Waals surface area contributed by atoms with E-state index < -0.39 is 0 Å². The summed E-state index contributed by atoms with van der Waals surface area (Å²) in [6, 6.07) is 9.76. The van der Waals surface area contributed by atoms with Crippen LogP contribution >= 0.6 is 0 Å². The van der Waals surface area contributed by atoms with Gasteiger partial charge in [0.1, 0.15) is 17.8 Å². The number of amides is 1. The predicted molar refractivity (Wildman–Crippen MR) is 89.9 cm³/mol. The summed E-state index contributed by atoms with van der Waals surface area (Å²) < 4.78 is 4.03. The van der Waals surface area contributed by atoms with Crippen LogP contribution < -0.4 is 0 Å². The van der Waals surface area contributed by atoms with Gasteiger partial charge >= 0.3 is 0 Å². The molecule has 6 heteroatoms. The molecule has 0 radical (unpaired) electrons. The summed E-state index contributed by atoms with van der Waals surface area (Å²) in [5.41, 5.74) is 1.67. The molecule has 4 heterocycles. The first-order chi connectivity index (χ1) is 11.8. The van der Waals surface area contributed by atoms with Crippen LogP contribution in [0.15, 0.2) is 55.2 Å². The zero-order valence-corrected chi connectivity index (χ0v) is 13.5. The minimum Gasteiger partial charge on any atom is -0.348 e. The first-order valence-corrected chi connectivity index (χ1v) is 8.19. The van der Waals surface area contributed by atoms with Crippen molar-refractivity contribution in [1.82, 2.24) is 24.0 Å². The second kappa shape index (κ2) is 5.96. The molecule has 0 aliphatic carbocycles. The molecule has 3 aromatic heterocycles. The van der Waals surface area contributed by atoms with Crippen molar-refractivity contribution in [2.45, 2.75) is 25.9 Å². The van der Waals surface area contributed by atoms with E-state index in [1.807, 2.05) is 29.3 Å². The maximum absolute atomic E-state index is 13.1. The monoisotopic (exact) mass is 321 g/mol. The first-order valence-electron chi connectivity index (χ1n) is 8.19. The van der Waals surface area contributed by atoms with Gasteiger partial charge in [0.05, 0.1) is 6.04 Å². The highest BCUT2D eigenvalue weighted by Gasteiger charge is 2.30. The standard InChI is InChI=1S/C18H19N5O/c1-2-15-16-6-4-9-21(16)11-12-23(15)18(24)14-5-3-7-17(20-14)22-10-8-19-13-22/h3-10,13,15H,2,11-12H2,1H3. The maximum atomic E-state index is 13.1. The Morgan fingerprint density at radius 1 is 1.21 bits per heavy atom. The largest absolute Gasteiger partial charge is 0.348 e. The average Bonchev–Trinajstić information content (AvgIpc) is 3.31. The smallest absolute Gasteiger partial charge is 0.273 e. The molecule has 0 spiro atoms. The maximum Gasteiger partial charge on any atom is 0.273 e. The quantitative estimate of drug-likeness (QED) is 0.745. The molecular weight excluding hydrogens is 302 g/mol. The van der Waals surface area contributed by atoms with E-state index in [1.165, 1.54) is 5.69 Å². The molecule has 6 nitrogen and oxygen atoms in total. The SMILES string of the molecule is CCC1c2cccn2CCN1C(=O)c1cccc(-n2ccnc2)n1. The number of carbonyl (C=O) groups excluding carboxylic acids is 1. The van der Waals surface area contributed by atoms with Crippen LogP contribution in [-0.4, -0.2) is 36.5 Å². The van der Waals surface area contributed by atoms with Crippen molar-refractivity contribution in [2.24, 2.45) is 0 Å². The molecule has 0 aromatic carbocycles. The van der Waals surface area contributed by atoms with E-state index >= 15 is 0 Å². The fourth-order valence-electron chi connectivity index (χ4n) is 3.36. The summed E-state index contributed by atoms with van der Waals surface area (Å²) in [5, 5.41) is 0. The number of hydrogen-bond acceptors (Lipinski definition) is 3. The minimum atomic E-state index is -0.0173. The van der Waals surface area contributed by atoms with Crippen LogP contribution in [0.2, 0.25) is 0 Å². The number of rotatable bonds is 3. The summed E-state index contributed by atoms with van der Waals surface area (Å²) in [7, 11) is 0. The van der Waals surface area contributed by atoms with Crippen LogP contribution in [-0.2, 0) is 6.54 Å². The molecule has 4 rings (SSSR count). The van der Waals surface area contributed by atoms with Crippen LogP contribution in [0.5, 0.6) is 0 Å². The molecule has 0 saturated carbocycles. The fourth-order valence-corrected chi connectivity index (χ4v) is 3.36. The van der Waals surface area contributed by atoms with Crippen LogP contribution in [0.4, 0.5) is 0 Å². The van der Waals surface area contributed by atoms with Crippen LogP contribution in [0, 0.1) is 0 Å². The molecule has 0 bridgehead atoms. The summed E-state index contributed by atoms with van der Waals surface area (Å²) in [5.74, 6) is 0.683. The lowest BCUT2D eigenvalue weighted by molar-refractivity contribution is 0.0611. The molecule has 122 valence electrons. The molecule has 1 aliphatic rings. The molecule has 1 amide bonds. The van der Waals surface area contributed by atoms with Crippen molar-refractivity contribution < 1.29 is 4.79 Å². The van der Waals surface area contributed by atoms with E-state index in [1.54, 1.807) is 23.2 Å². The molecule has 0 N–H and O–H groups in total. The summed E-state index contributed by atoms with van der Waals surface area (Å²) in [6.45, 7) is 3.64. The van der Waals surface area contributed by atoms with Gasteiger partial charge in [0.15, 0.2) is 0 Å². The number of imidazole rings is 1.